The van der Waals surface area contributed by atoms with E-state index in [0.29, 0.717) is 16.6 Å². The van der Waals surface area contributed by atoms with Crippen LogP contribution in [0.4, 0.5) is 5.82 Å². The fourth-order valence-corrected chi connectivity index (χ4v) is 1.57. The summed E-state index contributed by atoms with van der Waals surface area (Å²) in [7, 11) is 0. The molecular formula is C13H11ClN4O2. The molecular weight excluding hydrogens is 280 g/mol. The molecule has 7 heteroatoms. The third-order valence-corrected chi connectivity index (χ3v) is 2.58. The number of ether oxygens (including phenoxy) is 1. The van der Waals surface area contributed by atoms with Crippen LogP contribution in [-0.2, 0) is 11.3 Å². The van der Waals surface area contributed by atoms with Gasteiger partial charge in [0, 0.05) is 17.3 Å². The second-order valence-corrected chi connectivity index (χ2v) is 4.28. The fraction of sp³-hybridized carbons (Fsp3) is 0.154. The zero-order valence-corrected chi connectivity index (χ0v) is 11.2. The van der Waals surface area contributed by atoms with Crippen molar-refractivity contribution in [3.63, 3.8) is 0 Å². The predicted octanol–water partition coefficient (Wildman–Crippen LogP) is 2.08. The van der Waals surface area contributed by atoms with Crippen molar-refractivity contribution in [1.29, 1.82) is 5.26 Å². The normalized spacial score (nSPS) is 9.80. The number of hydrogen-bond acceptors (Lipinski definition) is 4. The molecule has 0 atom stereocenters. The third-order valence-electron chi connectivity index (χ3n) is 2.32. The first-order valence-electron chi connectivity index (χ1n) is 5.76. The van der Waals surface area contributed by atoms with Crippen molar-refractivity contribution in [2.24, 2.45) is 0 Å². The third kappa shape index (κ3) is 4.00. The summed E-state index contributed by atoms with van der Waals surface area (Å²) in [6.45, 7) is 0.00386. The molecule has 0 radical (unpaired) electrons. The number of nitrogens with one attached hydrogen (secondary N) is 1. The lowest BCUT2D eigenvalue weighted by Crippen LogP contribution is -2.20. The Balaban J connectivity index is 1.83. The smallest absolute Gasteiger partial charge is 0.263 e. The summed E-state index contributed by atoms with van der Waals surface area (Å²) < 4.78 is 6.72. The Morgan fingerprint density at radius 3 is 2.85 bits per heavy atom. The molecule has 2 aromatic rings. The Bertz CT molecular complexity index is 631. The number of nitrogens with zero attached hydrogens (tertiary/aromatic N) is 3. The molecule has 1 aromatic carbocycles. The van der Waals surface area contributed by atoms with Crippen molar-refractivity contribution >= 4 is 23.3 Å². The Labute approximate surface area is 120 Å². The summed E-state index contributed by atoms with van der Waals surface area (Å²) in [6, 6.07) is 10.3. The van der Waals surface area contributed by atoms with Crippen molar-refractivity contribution < 1.29 is 9.53 Å². The van der Waals surface area contributed by atoms with Crippen LogP contribution in [0, 0.1) is 11.3 Å². The molecule has 1 N–H and O–H groups in total. The molecule has 0 bridgehead atoms. The summed E-state index contributed by atoms with van der Waals surface area (Å²) in [5, 5.41) is 15.7. The number of benzene rings is 1. The maximum absolute atomic E-state index is 11.6. The highest BCUT2D eigenvalue weighted by molar-refractivity contribution is 6.30. The van der Waals surface area contributed by atoms with Gasteiger partial charge in [0.1, 0.15) is 12.3 Å². The molecule has 0 saturated heterocycles. The van der Waals surface area contributed by atoms with Crippen molar-refractivity contribution in [2.75, 3.05) is 11.9 Å². The quantitative estimate of drug-likeness (QED) is 0.914. The predicted molar refractivity (Wildman–Crippen MR) is 73.4 cm³/mol. The van der Waals surface area contributed by atoms with Gasteiger partial charge in [-0.15, -0.1) is 0 Å². The highest BCUT2D eigenvalue weighted by atomic mass is 35.5. The minimum atomic E-state index is -0.331. The molecule has 102 valence electrons. The topological polar surface area (TPSA) is 79.9 Å². The van der Waals surface area contributed by atoms with E-state index in [9.17, 15) is 4.79 Å². The largest absolute Gasteiger partial charge is 0.484 e. The molecule has 0 unspecified atom stereocenters. The molecule has 0 aliphatic heterocycles. The van der Waals surface area contributed by atoms with Crippen LogP contribution < -0.4 is 10.1 Å². The number of anilines is 1. The van der Waals surface area contributed by atoms with E-state index < -0.39 is 0 Å². The Kier molecular flexibility index (Phi) is 4.58. The Hall–Kier alpha value is -2.52. The van der Waals surface area contributed by atoms with Crippen molar-refractivity contribution in [3.05, 3.63) is 41.6 Å². The van der Waals surface area contributed by atoms with E-state index in [-0.39, 0.29) is 19.1 Å². The number of rotatable bonds is 5. The van der Waals surface area contributed by atoms with Crippen LogP contribution in [0.1, 0.15) is 0 Å². The van der Waals surface area contributed by atoms with Crippen LogP contribution in [0.5, 0.6) is 5.75 Å². The summed E-state index contributed by atoms with van der Waals surface area (Å²) in [4.78, 5) is 11.6. The fourth-order valence-electron chi connectivity index (χ4n) is 1.45. The number of nitriles is 1. The maximum atomic E-state index is 11.6. The number of carbonyl (C=O) groups is 1. The Morgan fingerprint density at radius 2 is 2.15 bits per heavy atom. The zero-order valence-electron chi connectivity index (χ0n) is 10.4. The van der Waals surface area contributed by atoms with Crippen molar-refractivity contribution in [1.82, 2.24) is 9.78 Å². The Morgan fingerprint density at radius 1 is 1.40 bits per heavy atom. The zero-order chi connectivity index (χ0) is 14.4. The first-order chi connectivity index (χ1) is 9.67. The first kappa shape index (κ1) is 13.9. The molecule has 6 nitrogen and oxygen atoms in total. The van der Waals surface area contributed by atoms with Gasteiger partial charge in [-0.05, 0) is 24.3 Å². The van der Waals surface area contributed by atoms with Gasteiger partial charge in [-0.2, -0.15) is 10.4 Å². The summed E-state index contributed by atoms with van der Waals surface area (Å²) in [5.41, 5.74) is 0. The SMILES string of the molecule is N#CCn1ccc(NC(=O)COc2ccc(Cl)cc2)n1. The van der Waals surface area contributed by atoms with Gasteiger partial charge in [0.15, 0.2) is 12.4 Å². The van der Waals surface area contributed by atoms with Gasteiger partial charge < -0.3 is 10.1 Å². The van der Waals surface area contributed by atoms with E-state index in [2.05, 4.69) is 10.4 Å². The van der Waals surface area contributed by atoms with Crippen LogP contribution in [-0.4, -0.2) is 22.3 Å². The minimum absolute atomic E-state index is 0.132. The van der Waals surface area contributed by atoms with Gasteiger partial charge >= 0.3 is 0 Å². The average Bonchev–Trinajstić information content (AvgIpc) is 2.86. The van der Waals surface area contributed by atoms with Gasteiger partial charge in [0.25, 0.3) is 5.91 Å². The van der Waals surface area contributed by atoms with Gasteiger partial charge in [0.2, 0.25) is 0 Å². The van der Waals surface area contributed by atoms with E-state index in [1.54, 1.807) is 36.5 Å². The van der Waals surface area contributed by atoms with E-state index in [0.717, 1.165) is 0 Å². The van der Waals surface area contributed by atoms with E-state index in [1.807, 2.05) is 6.07 Å². The highest BCUT2D eigenvalue weighted by Gasteiger charge is 2.06. The van der Waals surface area contributed by atoms with Gasteiger partial charge in [-0.25, -0.2) is 0 Å². The van der Waals surface area contributed by atoms with Gasteiger partial charge in [0.05, 0.1) is 6.07 Å². The lowest BCUT2D eigenvalue weighted by Gasteiger charge is -2.05. The second-order valence-electron chi connectivity index (χ2n) is 3.85. The molecule has 0 aliphatic carbocycles. The molecule has 0 aliphatic rings. The summed E-state index contributed by atoms with van der Waals surface area (Å²) in [5.74, 6) is 0.603. The van der Waals surface area contributed by atoms with Crippen LogP contribution in [0.15, 0.2) is 36.5 Å². The average molecular weight is 291 g/mol. The number of aromatic nitrogens is 2. The minimum Gasteiger partial charge on any atom is -0.484 e. The lowest BCUT2D eigenvalue weighted by atomic mass is 10.3. The lowest BCUT2D eigenvalue weighted by molar-refractivity contribution is -0.118. The number of amides is 1. The van der Waals surface area contributed by atoms with E-state index in [4.69, 9.17) is 21.6 Å². The molecule has 2 rings (SSSR count). The summed E-state index contributed by atoms with van der Waals surface area (Å²) >= 11 is 5.74. The first-order valence-corrected chi connectivity index (χ1v) is 6.14. The molecule has 0 spiro atoms. The second kappa shape index (κ2) is 6.59. The molecule has 1 aromatic heterocycles. The number of hydrogen-bond donors (Lipinski definition) is 1. The summed E-state index contributed by atoms with van der Waals surface area (Å²) in [6.07, 6.45) is 1.61. The van der Waals surface area contributed by atoms with Crippen LogP contribution in [0.3, 0.4) is 0 Å². The molecule has 1 amide bonds. The molecule has 0 fully saturated rings. The van der Waals surface area contributed by atoms with Crippen molar-refractivity contribution in [3.8, 4) is 11.8 Å². The monoisotopic (exact) mass is 290 g/mol. The van der Waals surface area contributed by atoms with Crippen LogP contribution >= 0.6 is 11.6 Å². The van der Waals surface area contributed by atoms with E-state index >= 15 is 0 Å². The van der Waals surface area contributed by atoms with Crippen molar-refractivity contribution in [2.45, 2.75) is 6.54 Å². The standard InChI is InChI=1S/C13H11ClN4O2/c14-10-1-3-11(4-2-10)20-9-13(19)16-12-5-7-18(17-12)8-6-15/h1-5,7H,8-9H2,(H,16,17,19). The van der Waals surface area contributed by atoms with Crippen LogP contribution in [0.25, 0.3) is 0 Å². The molecule has 1 heterocycles. The highest BCUT2D eigenvalue weighted by Crippen LogP contribution is 2.15. The van der Waals surface area contributed by atoms with Gasteiger partial charge in [-0.1, -0.05) is 11.6 Å². The van der Waals surface area contributed by atoms with Crippen LogP contribution in [0.2, 0.25) is 5.02 Å². The number of carbonyl (C=O) groups excluding carboxylic acids is 1. The molecule has 0 saturated carbocycles. The van der Waals surface area contributed by atoms with Gasteiger partial charge in [-0.3, -0.25) is 9.48 Å². The maximum Gasteiger partial charge on any atom is 0.263 e. The number of halogens is 1. The molecule has 20 heavy (non-hydrogen) atoms. The van der Waals surface area contributed by atoms with E-state index in [1.165, 1.54) is 4.68 Å².